The Morgan fingerprint density at radius 3 is 2.68 bits per heavy atom. The average molecular weight is 383 g/mol. The van der Waals surface area contributed by atoms with Crippen LogP contribution in [-0.4, -0.2) is 54.3 Å². The fraction of sp³-hybridized carbons (Fsp3) is 0.300. The minimum Gasteiger partial charge on any atom is -0.497 e. The normalized spacial score (nSPS) is 20.4. The minimum atomic E-state index is -1.08. The van der Waals surface area contributed by atoms with Gasteiger partial charge in [-0.2, -0.15) is 5.10 Å². The molecule has 1 heterocycles. The molecule has 8 nitrogen and oxygen atoms in total. The molecule has 0 saturated carbocycles. The smallest absolute Gasteiger partial charge is 0.332 e. The molecule has 1 aliphatic carbocycles. The summed E-state index contributed by atoms with van der Waals surface area (Å²) in [4.78, 5) is 36.0. The van der Waals surface area contributed by atoms with Crippen LogP contribution in [-0.2, 0) is 20.8 Å². The van der Waals surface area contributed by atoms with Gasteiger partial charge in [0.1, 0.15) is 12.3 Å². The molecule has 2 amide bonds. The standard InChI is InChI=1S/C20H21N3O5/c1-28-14-7-5-13(6-8-14)9-10-21-18(24)12-23-19(25)15-3-2-4-16(20(26)27)17(15)11-22-23/h2-8,11,15,17H,9-10,12H2,1H3,(H,21,24)(H,26,27). The largest absolute Gasteiger partial charge is 0.497 e. The lowest BCUT2D eigenvalue weighted by atomic mass is 9.81. The quantitative estimate of drug-likeness (QED) is 0.730. The molecular weight excluding hydrogens is 362 g/mol. The van der Waals surface area contributed by atoms with Crippen molar-refractivity contribution in [2.24, 2.45) is 16.9 Å². The maximum atomic E-state index is 12.6. The number of methoxy groups -OCH3 is 1. The lowest BCUT2D eigenvalue weighted by Crippen LogP contribution is -2.46. The molecule has 0 radical (unpaired) electrons. The van der Waals surface area contributed by atoms with E-state index < -0.39 is 17.8 Å². The van der Waals surface area contributed by atoms with Crippen molar-refractivity contribution in [1.29, 1.82) is 0 Å². The lowest BCUT2D eigenvalue weighted by Gasteiger charge is -2.31. The van der Waals surface area contributed by atoms with E-state index in [4.69, 9.17) is 4.74 Å². The fourth-order valence-corrected chi connectivity index (χ4v) is 3.16. The monoisotopic (exact) mass is 383 g/mol. The highest BCUT2D eigenvalue weighted by Crippen LogP contribution is 2.29. The zero-order valence-electron chi connectivity index (χ0n) is 15.4. The number of hydrogen-bond donors (Lipinski definition) is 2. The van der Waals surface area contributed by atoms with Gasteiger partial charge in [-0.25, -0.2) is 9.80 Å². The molecule has 0 saturated heterocycles. The van der Waals surface area contributed by atoms with Gasteiger partial charge in [-0.3, -0.25) is 9.59 Å². The number of carbonyl (C=O) groups is 3. The molecule has 0 spiro atoms. The van der Waals surface area contributed by atoms with E-state index in [1.807, 2.05) is 24.3 Å². The number of ether oxygens (including phenoxy) is 1. The number of amides is 2. The van der Waals surface area contributed by atoms with Crippen LogP contribution in [0.4, 0.5) is 0 Å². The molecular formula is C20H21N3O5. The topological polar surface area (TPSA) is 108 Å². The van der Waals surface area contributed by atoms with E-state index in [2.05, 4.69) is 10.4 Å². The molecule has 2 atom stereocenters. The third-order valence-electron chi connectivity index (χ3n) is 4.68. The predicted molar refractivity (Wildman–Crippen MR) is 102 cm³/mol. The van der Waals surface area contributed by atoms with Crippen LogP contribution in [0.2, 0.25) is 0 Å². The first-order valence-corrected chi connectivity index (χ1v) is 8.86. The van der Waals surface area contributed by atoms with Gasteiger partial charge in [-0.15, -0.1) is 0 Å². The first-order chi connectivity index (χ1) is 13.5. The lowest BCUT2D eigenvalue weighted by molar-refractivity contribution is -0.140. The molecule has 8 heteroatoms. The van der Waals surface area contributed by atoms with Crippen molar-refractivity contribution in [2.75, 3.05) is 20.2 Å². The van der Waals surface area contributed by atoms with E-state index >= 15 is 0 Å². The van der Waals surface area contributed by atoms with Gasteiger partial charge in [0.2, 0.25) is 5.91 Å². The predicted octanol–water partition coefficient (Wildman–Crippen LogP) is 0.995. The second-order valence-corrected chi connectivity index (χ2v) is 6.47. The second kappa shape index (κ2) is 8.51. The van der Waals surface area contributed by atoms with Gasteiger partial charge in [-0.05, 0) is 24.1 Å². The molecule has 1 aromatic rings. The van der Waals surface area contributed by atoms with Crippen LogP contribution in [0.1, 0.15) is 5.56 Å². The van der Waals surface area contributed by atoms with Crippen molar-refractivity contribution in [2.45, 2.75) is 6.42 Å². The van der Waals surface area contributed by atoms with Gasteiger partial charge in [0.25, 0.3) is 5.91 Å². The van der Waals surface area contributed by atoms with E-state index in [1.165, 1.54) is 12.3 Å². The Kier molecular flexibility index (Phi) is 5.88. The van der Waals surface area contributed by atoms with Crippen LogP contribution >= 0.6 is 0 Å². The number of nitrogens with zero attached hydrogens (tertiary/aromatic N) is 2. The number of hydrazone groups is 1. The highest BCUT2D eigenvalue weighted by atomic mass is 16.5. The number of benzene rings is 1. The Bertz CT molecular complexity index is 857. The Morgan fingerprint density at radius 1 is 1.25 bits per heavy atom. The molecule has 146 valence electrons. The summed E-state index contributed by atoms with van der Waals surface area (Å²) < 4.78 is 5.10. The third-order valence-corrected chi connectivity index (χ3v) is 4.68. The van der Waals surface area contributed by atoms with Crippen molar-refractivity contribution >= 4 is 24.0 Å². The SMILES string of the molecule is COc1ccc(CCNC(=O)CN2N=CC3C(C(=O)O)=CC=CC3C2=O)cc1. The number of aliphatic carboxylic acids is 1. The van der Waals surface area contributed by atoms with Gasteiger partial charge >= 0.3 is 5.97 Å². The van der Waals surface area contributed by atoms with E-state index in [9.17, 15) is 19.5 Å². The highest BCUT2D eigenvalue weighted by Gasteiger charge is 2.38. The van der Waals surface area contributed by atoms with Gasteiger partial charge in [-0.1, -0.05) is 30.4 Å². The molecule has 1 aliphatic heterocycles. The molecule has 0 bridgehead atoms. The van der Waals surface area contributed by atoms with Crippen LogP contribution in [0.3, 0.4) is 0 Å². The number of carbonyl (C=O) groups excluding carboxylic acids is 2. The fourth-order valence-electron chi connectivity index (χ4n) is 3.16. The molecule has 2 N–H and O–H groups in total. The Labute approximate surface area is 162 Å². The van der Waals surface area contributed by atoms with Crippen LogP contribution in [0.5, 0.6) is 5.75 Å². The van der Waals surface area contributed by atoms with Crippen molar-refractivity contribution < 1.29 is 24.2 Å². The molecule has 2 unspecified atom stereocenters. The number of carboxylic acid groups (broad SMARTS) is 1. The summed E-state index contributed by atoms with van der Waals surface area (Å²) in [6, 6.07) is 7.55. The summed E-state index contributed by atoms with van der Waals surface area (Å²) in [6.07, 6.45) is 6.71. The maximum Gasteiger partial charge on any atom is 0.332 e. The maximum absolute atomic E-state index is 12.6. The number of nitrogens with one attached hydrogen (secondary N) is 1. The Balaban J connectivity index is 1.52. The van der Waals surface area contributed by atoms with Gasteiger partial charge in [0, 0.05) is 24.3 Å². The van der Waals surface area contributed by atoms with Gasteiger partial charge in [0.05, 0.1) is 13.0 Å². The highest BCUT2D eigenvalue weighted by molar-refractivity contribution is 5.99. The van der Waals surface area contributed by atoms with Gasteiger partial charge in [0.15, 0.2) is 0 Å². The zero-order valence-corrected chi connectivity index (χ0v) is 15.4. The van der Waals surface area contributed by atoms with Crippen molar-refractivity contribution in [1.82, 2.24) is 10.3 Å². The Morgan fingerprint density at radius 2 is 2.00 bits per heavy atom. The van der Waals surface area contributed by atoms with Crippen molar-refractivity contribution in [3.8, 4) is 5.75 Å². The van der Waals surface area contributed by atoms with E-state index in [0.717, 1.165) is 16.3 Å². The summed E-state index contributed by atoms with van der Waals surface area (Å²) in [5.41, 5.74) is 1.17. The molecule has 3 rings (SSSR count). The summed E-state index contributed by atoms with van der Waals surface area (Å²) in [7, 11) is 1.60. The first-order valence-electron chi connectivity index (χ1n) is 8.86. The number of carboxylic acids is 1. The van der Waals surface area contributed by atoms with E-state index in [0.29, 0.717) is 13.0 Å². The molecule has 28 heavy (non-hydrogen) atoms. The summed E-state index contributed by atoms with van der Waals surface area (Å²) >= 11 is 0. The van der Waals surface area contributed by atoms with Gasteiger partial charge < -0.3 is 15.2 Å². The average Bonchev–Trinajstić information content (AvgIpc) is 2.70. The summed E-state index contributed by atoms with van der Waals surface area (Å²) in [5, 5.41) is 17.1. The molecule has 2 aliphatic rings. The van der Waals surface area contributed by atoms with Crippen LogP contribution in [0.15, 0.2) is 53.2 Å². The third kappa shape index (κ3) is 4.28. The summed E-state index contributed by atoms with van der Waals surface area (Å²) in [5.74, 6) is -2.29. The number of fused-ring (bicyclic) bond motifs is 1. The number of rotatable bonds is 7. The van der Waals surface area contributed by atoms with Crippen molar-refractivity contribution in [3.05, 3.63) is 53.6 Å². The first kappa shape index (κ1) is 19.3. The molecule has 0 aromatic heterocycles. The van der Waals surface area contributed by atoms with Crippen LogP contribution < -0.4 is 10.1 Å². The van der Waals surface area contributed by atoms with E-state index in [1.54, 1.807) is 19.3 Å². The molecule has 0 fully saturated rings. The number of allylic oxidation sites excluding steroid dienone is 2. The van der Waals surface area contributed by atoms with Crippen LogP contribution in [0, 0.1) is 11.8 Å². The number of hydrogen-bond acceptors (Lipinski definition) is 5. The summed E-state index contributed by atoms with van der Waals surface area (Å²) in [6.45, 7) is 0.218. The van der Waals surface area contributed by atoms with Crippen molar-refractivity contribution in [3.63, 3.8) is 0 Å². The Hall–Kier alpha value is -3.42. The molecule has 1 aromatic carbocycles. The van der Waals surface area contributed by atoms with Crippen LogP contribution in [0.25, 0.3) is 0 Å². The zero-order chi connectivity index (χ0) is 20.1. The minimum absolute atomic E-state index is 0.119. The van der Waals surface area contributed by atoms with E-state index in [-0.39, 0.29) is 23.9 Å². The second-order valence-electron chi connectivity index (χ2n) is 6.47.